The predicted molar refractivity (Wildman–Crippen MR) is 124 cm³/mol. The van der Waals surface area contributed by atoms with E-state index in [1.165, 1.54) is 0 Å². The Morgan fingerprint density at radius 3 is 2.41 bits per heavy atom. The molecule has 0 aliphatic carbocycles. The Morgan fingerprint density at radius 2 is 1.75 bits per heavy atom. The summed E-state index contributed by atoms with van der Waals surface area (Å²) < 4.78 is 0. The van der Waals surface area contributed by atoms with Crippen molar-refractivity contribution in [2.75, 3.05) is 25.0 Å². The maximum atomic E-state index is 13.4. The lowest BCUT2D eigenvalue weighted by Crippen LogP contribution is -2.62. The summed E-state index contributed by atoms with van der Waals surface area (Å²) >= 11 is 5.99. The van der Waals surface area contributed by atoms with E-state index in [0.717, 1.165) is 11.1 Å². The van der Waals surface area contributed by atoms with Crippen molar-refractivity contribution < 1.29 is 14.4 Å². The normalized spacial score (nSPS) is 19.6. The molecular weight excluding hydrogens is 428 g/mol. The van der Waals surface area contributed by atoms with Gasteiger partial charge in [0.25, 0.3) is 5.91 Å². The highest BCUT2D eigenvalue weighted by Crippen LogP contribution is 2.31. The Hall–Kier alpha value is -2.90. The van der Waals surface area contributed by atoms with Crippen molar-refractivity contribution in [1.82, 2.24) is 9.80 Å². The number of fused-ring (bicyclic) bond motifs is 2. The largest absolute Gasteiger partial charge is 0.337 e. The van der Waals surface area contributed by atoms with Gasteiger partial charge in [0.2, 0.25) is 11.8 Å². The number of nitrogens with one attached hydrogen (secondary N) is 1. The molecule has 2 aromatic carbocycles. The molecule has 1 unspecified atom stereocenters. The van der Waals surface area contributed by atoms with Gasteiger partial charge in [-0.1, -0.05) is 50.6 Å². The van der Waals surface area contributed by atoms with Gasteiger partial charge in [0, 0.05) is 18.1 Å². The van der Waals surface area contributed by atoms with Crippen LogP contribution in [0, 0.1) is 5.41 Å². The highest BCUT2D eigenvalue weighted by atomic mass is 35.5. The Morgan fingerprint density at radius 1 is 1.09 bits per heavy atom. The third-order valence-corrected chi connectivity index (χ3v) is 6.39. The number of anilines is 1. The lowest BCUT2D eigenvalue weighted by molar-refractivity contribution is -0.139. The summed E-state index contributed by atoms with van der Waals surface area (Å²) in [4.78, 5) is 42.4. The Balaban J connectivity index is 1.61. The van der Waals surface area contributed by atoms with E-state index < -0.39 is 17.5 Å². The minimum Gasteiger partial charge on any atom is -0.337 e. The molecule has 2 aliphatic heterocycles. The average molecular weight is 455 g/mol. The minimum atomic E-state index is -0.765. The van der Waals surface area contributed by atoms with E-state index in [0.29, 0.717) is 22.8 Å². The van der Waals surface area contributed by atoms with Crippen LogP contribution in [-0.2, 0) is 9.59 Å². The number of benzene rings is 2. The molecule has 2 heterocycles. The second-order valence-corrected chi connectivity index (χ2v) is 9.84. The molecular formula is C24H27ClN4O3. The van der Waals surface area contributed by atoms with Crippen molar-refractivity contribution in [1.29, 1.82) is 0 Å². The number of hydrogen-bond acceptors (Lipinski definition) is 4. The smallest absolute Gasteiger partial charge is 0.256 e. The van der Waals surface area contributed by atoms with Crippen LogP contribution in [0.5, 0.6) is 0 Å². The molecule has 0 bridgehead atoms. The number of carbonyl (C=O) groups is 3. The van der Waals surface area contributed by atoms with Crippen LogP contribution >= 0.6 is 11.6 Å². The lowest BCUT2D eigenvalue weighted by atomic mass is 9.86. The second-order valence-electron chi connectivity index (χ2n) is 9.40. The molecule has 0 aromatic heterocycles. The van der Waals surface area contributed by atoms with E-state index in [1.54, 1.807) is 34.1 Å². The summed E-state index contributed by atoms with van der Waals surface area (Å²) in [5.41, 5.74) is 8.43. The lowest BCUT2D eigenvalue weighted by Gasteiger charge is -2.41. The van der Waals surface area contributed by atoms with Crippen molar-refractivity contribution in [3.8, 4) is 11.1 Å². The molecule has 3 N–H and O–H groups in total. The van der Waals surface area contributed by atoms with E-state index in [4.69, 9.17) is 17.3 Å². The molecule has 1 fully saturated rings. The maximum absolute atomic E-state index is 13.4. The summed E-state index contributed by atoms with van der Waals surface area (Å²) in [5, 5.41) is 3.50. The number of rotatable bonds is 2. The summed E-state index contributed by atoms with van der Waals surface area (Å²) in [7, 11) is 0. The first-order valence-electron chi connectivity index (χ1n) is 10.6. The second kappa shape index (κ2) is 8.22. The van der Waals surface area contributed by atoms with Crippen LogP contribution in [0.15, 0.2) is 42.5 Å². The molecule has 32 heavy (non-hydrogen) atoms. The van der Waals surface area contributed by atoms with E-state index in [1.807, 2.05) is 39.0 Å². The first-order chi connectivity index (χ1) is 15.1. The number of nitrogens with zero attached hydrogens (tertiary/aromatic N) is 2. The van der Waals surface area contributed by atoms with Crippen LogP contribution in [-0.4, -0.2) is 59.2 Å². The highest BCUT2D eigenvalue weighted by molar-refractivity contribution is 6.30. The van der Waals surface area contributed by atoms with Crippen molar-refractivity contribution in [2.24, 2.45) is 11.1 Å². The van der Waals surface area contributed by atoms with E-state index in [2.05, 4.69) is 5.32 Å². The van der Waals surface area contributed by atoms with E-state index >= 15 is 0 Å². The topological polar surface area (TPSA) is 95.7 Å². The molecule has 0 spiro atoms. The van der Waals surface area contributed by atoms with Crippen molar-refractivity contribution in [3.05, 3.63) is 53.1 Å². The molecule has 2 aliphatic rings. The monoisotopic (exact) mass is 454 g/mol. The van der Waals surface area contributed by atoms with Crippen LogP contribution < -0.4 is 11.1 Å². The fraction of sp³-hybridized carbons (Fsp3) is 0.375. The number of amides is 3. The zero-order chi connectivity index (χ0) is 23.2. The summed E-state index contributed by atoms with van der Waals surface area (Å²) in [6.07, 6.45) is 0. The van der Waals surface area contributed by atoms with Gasteiger partial charge in [-0.2, -0.15) is 0 Å². The van der Waals surface area contributed by atoms with Crippen LogP contribution in [0.25, 0.3) is 11.1 Å². The van der Waals surface area contributed by atoms with Crippen LogP contribution in [0.4, 0.5) is 5.69 Å². The SMILES string of the molecule is CC(C)(C)[C@H](N)C(=O)N1CCN2C(=O)c3cc(-c4ccc(Cl)cc4)ccc3NC(=O)C2C1. The van der Waals surface area contributed by atoms with Crippen LogP contribution in [0.3, 0.4) is 0 Å². The van der Waals surface area contributed by atoms with Gasteiger partial charge < -0.3 is 20.9 Å². The van der Waals surface area contributed by atoms with Gasteiger partial charge in [0.15, 0.2) is 0 Å². The average Bonchev–Trinajstić information content (AvgIpc) is 2.86. The maximum Gasteiger partial charge on any atom is 0.256 e. The molecule has 0 saturated carbocycles. The summed E-state index contributed by atoms with van der Waals surface area (Å²) in [5.74, 6) is -0.742. The molecule has 0 radical (unpaired) electrons. The number of piperazine rings is 1. The molecule has 8 heteroatoms. The highest BCUT2D eigenvalue weighted by Gasteiger charge is 2.42. The third-order valence-electron chi connectivity index (χ3n) is 6.14. The molecule has 1 saturated heterocycles. The zero-order valence-electron chi connectivity index (χ0n) is 18.4. The first kappa shape index (κ1) is 22.3. The Kier molecular flexibility index (Phi) is 5.73. The van der Waals surface area contributed by atoms with Crippen molar-refractivity contribution in [2.45, 2.75) is 32.9 Å². The molecule has 7 nitrogen and oxygen atoms in total. The Labute approximate surface area is 192 Å². The summed E-state index contributed by atoms with van der Waals surface area (Å²) in [6.45, 7) is 6.44. The minimum absolute atomic E-state index is 0.123. The van der Waals surface area contributed by atoms with Crippen molar-refractivity contribution >= 4 is 35.0 Å². The van der Waals surface area contributed by atoms with Crippen LogP contribution in [0.2, 0.25) is 5.02 Å². The first-order valence-corrected chi connectivity index (χ1v) is 11.0. The van der Waals surface area contributed by atoms with Gasteiger partial charge in [0.1, 0.15) is 6.04 Å². The van der Waals surface area contributed by atoms with Gasteiger partial charge in [-0.05, 0) is 40.8 Å². The molecule has 2 atom stereocenters. The fourth-order valence-corrected chi connectivity index (χ4v) is 4.17. The number of hydrogen-bond donors (Lipinski definition) is 2. The number of carbonyl (C=O) groups excluding carboxylic acids is 3. The third kappa shape index (κ3) is 4.10. The molecule has 3 amide bonds. The van der Waals surface area contributed by atoms with E-state index in [9.17, 15) is 14.4 Å². The molecule has 4 rings (SSSR count). The predicted octanol–water partition coefficient (Wildman–Crippen LogP) is 2.99. The summed E-state index contributed by atoms with van der Waals surface area (Å²) in [6, 6.07) is 11.3. The molecule has 168 valence electrons. The standard InChI is InChI=1S/C24H27ClN4O3/c1-24(2,3)20(26)23(32)28-10-11-29-19(13-28)21(30)27-18-9-6-15(12-17(18)22(29)31)14-4-7-16(25)8-5-14/h4-9,12,19-20H,10-11,13,26H2,1-3H3,(H,27,30)/t19?,20-/m1/s1. The van der Waals surface area contributed by atoms with Gasteiger partial charge >= 0.3 is 0 Å². The number of halogens is 1. The molecule has 2 aromatic rings. The number of nitrogens with two attached hydrogens (primary N) is 1. The zero-order valence-corrected chi connectivity index (χ0v) is 19.1. The quantitative estimate of drug-likeness (QED) is 0.729. The Bertz CT molecular complexity index is 1080. The van der Waals surface area contributed by atoms with Crippen LogP contribution in [0.1, 0.15) is 31.1 Å². The van der Waals surface area contributed by atoms with Gasteiger partial charge in [-0.3, -0.25) is 14.4 Å². The van der Waals surface area contributed by atoms with Gasteiger partial charge in [-0.15, -0.1) is 0 Å². The van der Waals surface area contributed by atoms with E-state index in [-0.39, 0.29) is 30.8 Å². The fourth-order valence-electron chi connectivity index (χ4n) is 4.04. The van der Waals surface area contributed by atoms with Gasteiger partial charge in [0.05, 0.1) is 23.8 Å². The van der Waals surface area contributed by atoms with Crippen molar-refractivity contribution in [3.63, 3.8) is 0 Å². The van der Waals surface area contributed by atoms with Gasteiger partial charge in [-0.25, -0.2) is 0 Å².